The Labute approximate surface area is 58.1 Å². The average molecular weight is 144 g/mol. The second-order valence-corrected chi connectivity index (χ2v) is 1.89. The highest BCUT2D eigenvalue weighted by Gasteiger charge is 2.17. The van der Waals surface area contributed by atoms with Crippen LogP contribution in [0.2, 0.25) is 0 Å². The Kier molecular flexibility index (Phi) is 1.80. The standard InChI is InChI=1S/C6H8O4/c1-4-5(6(7)8)10-3-2-9-4/h2-3H2,1H3,(H,7,8). The predicted octanol–water partition coefficient (Wildman–Crippen LogP) is 0.349. The van der Waals surface area contributed by atoms with E-state index in [9.17, 15) is 4.79 Å². The van der Waals surface area contributed by atoms with Crippen LogP contribution in [-0.4, -0.2) is 24.3 Å². The van der Waals surface area contributed by atoms with Crippen molar-refractivity contribution in [2.45, 2.75) is 6.92 Å². The molecule has 0 aromatic rings. The van der Waals surface area contributed by atoms with Gasteiger partial charge in [0.25, 0.3) is 0 Å². The summed E-state index contributed by atoms with van der Waals surface area (Å²) in [5.74, 6) is -0.804. The fourth-order valence-electron chi connectivity index (χ4n) is 0.718. The Bertz CT molecular complexity index is 182. The van der Waals surface area contributed by atoms with Crippen LogP contribution < -0.4 is 0 Å². The van der Waals surface area contributed by atoms with Crippen molar-refractivity contribution in [2.24, 2.45) is 0 Å². The van der Waals surface area contributed by atoms with Crippen molar-refractivity contribution >= 4 is 5.97 Å². The van der Waals surface area contributed by atoms with Crippen LogP contribution in [0.4, 0.5) is 0 Å². The van der Waals surface area contributed by atoms with E-state index in [0.29, 0.717) is 19.0 Å². The van der Waals surface area contributed by atoms with Gasteiger partial charge < -0.3 is 14.6 Å². The molecule has 4 heteroatoms. The topological polar surface area (TPSA) is 55.8 Å². The fraction of sp³-hybridized carbons (Fsp3) is 0.500. The summed E-state index contributed by atoms with van der Waals surface area (Å²) in [4.78, 5) is 10.3. The molecule has 0 saturated carbocycles. The summed E-state index contributed by atoms with van der Waals surface area (Å²) >= 11 is 0. The van der Waals surface area contributed by atoms with E-state index in [4.69, 9.17) is 14.6 Å². The van der Waals surface area contributed by atoms with Gasteiger partial charge in [0.1, 0.15) is 19.0 Å². The van der Waals surface area contributed by atoms with Crippen LogP contribution in [0.25, 0.3) is 0 Å². The van der Waals surface area contributed by atoms with Gasteiger partial charge in [-0.05, 0) is 6.92 Å². The van der Waals surface area contributed by atoms with Gasteiger partial charge in [-0.15, -0.1) is 0 Å². The molecule has 0 amide bonds. The van der Waals surface area contributed by atoms with Crippen LogP contribution in [0.3, 0.4) is 0 Å². The first kappa shape index (κ1) is 6.92. The summed E-state index contributed by atoms with van der Waals surface area (Å²) in [6, 6.07) is 0. The van der Waals surface area contributed by atoms with Crippen molar-refractivity contribution in [2.75, 3.05) is 13.2 Å². The highest BCUT2D eigenvalue weighted by Crippen LogP contribution is 2.11. The van der Waals surface area contributed by atoms with Crippen LogP contribution in [-0.2, 0) is 14.3 Å². The maximum Gasteiger partial charge on any atom is 0.374 e. The summed E-state index contributed by atoms with van der Waals surface area (Å²) in [6.07, 6.45) is 0. The molecule has 0 spiro atoms. The van der Waals surface area contributed by atoms with E-state index in [1.165, 1.54) is 0 Å². The Morgan fingerprint density at radius 2 is 2.10 bits per heavy atom. The number of hydrogen-bond donors (Lipinski definition) is 1. The van der Waals surface area contributed by atoms with E-state index >= 15 is 0 Å². The number of carboxylic acid groups (broad SMARTS) is 1. The number of hydrogen-bond acceptors (Lipinski definition) is 3. The van der Waals surface area contributed by atoms with Crippen LogP contribution in [0, 0.1) is 0 Å². The van der Waals surface area contributed by atoms with E-state index in [2.05, 4.69) is 0 Å². The second-order valence-electron chi connectivity index (χ2n) is 1.89. The fourth-order valence-corrected chi connectivity index (χ4v) is 0.718. The van der Waals surface area contributed by atoms with Crippen molar-refractivity contribution in [3.8, 4) is 0 Å². The molecule has 1 aliphatic rings. The maximum absolute atomic E-state index is 10.3. The molecule has 0 atom stereocenters. The molecule has 1 N–H and O–H groups in total. The lowest BCUT2D eigenvalue weighted by atomic mass is 10.4. The number of rotatable bonds is 1. The smallest absolute Gasteiger partial charge is 0.374 e. The van der Waals surface area contributed by atoms with Gasteiger partial charge in [-0.1, -0.05) is 0 Å². The molecule has 1 aliphatic heterocycles. The van der Waals surface area contributed by atoms with Crippen molar-refractivity contribution in [1.29, 1.82) is 0 Å². The van der Waals surface area contributed by atoms with E-state index in [1.54, 1.807) is 6.92 Å². The largest absolute Gasteiger partial charge is 0.491 e. The number of aliphatic carboxylic acids is 1. The lowest BCUT2D eigenvalue weighted by Crippen LogP contribution is -2.17. The first-order valence-corrected chi connectivity index (χ1v) is 2.91. The highest BCUT2D eigenvalue weighted by molar-refractivity contribution is 5.84. The molecule has 0 fully saturated rings. The molecule has 0 aliphatic carbocycles. The SMILES string of the molecule is CC1=C(C(=O)O)OCCO1. The summed E-state index contributed by atoms with van der Waals surface area (Å²) < 4.78 is 9.73. The average Bonchev–Trinajstić information content (AvgIpc) is 1.88. The zero-order chi connectivity index (χ0) is 7.56. The number of ether oxygens (including phenoxy) is 2. The second kappa shape index (κ2) is 2.60. The minimum atomic E-state index is -1.07. The highest BCUT2D eigenvalue weighted by atomic mass is 16.6. The minimum absolute atomic E-state index is 0.0775. The summed E-state index contributed by atoms with van der Waals surface area (Å²) in [7, 11) is 0. The van der Waals surface area contributed by atoms with Crippen molar-refractivity contribution in [3.05, 3.63) is 11.5 Å². The molecule has 56 valence electrons. The lowest BCUT2D eigenvalue weighted by molar-refractivity contribution is -0.138. The molecule has 10 heavy (non-hydrogen) atoms. The molecule has 1 heterocycles. The molecule has 0 unspecified atom stereocenters. The maximum atomic E-state index is 10.3. The number of carbonyl (C=O) groups is 1. The Balaban J connectivity index is 2.78. The zero-order valence-corrected chi connectivity index (χ0v) is 5.59. The summed E-state index contributed by atoms with van der Waals surface area (Å²) in [6.45, 7) is 2.32. The minimum Gasteiger partial charge on any atom is -0.491 e. The van der Waals surface area contributed by atoms with Gasteiger partial charge in [-0.25, -0.2) is 4.79 Å². The number of allylic oxidation sites excluding steroid dienone is 1. The van der Waals surface area contributed by atoms with Gasteiger partial charge in [0, 0.05) is 0 Å². The third-order valence-corrected chi connectivity index (χ3v) is 1.16. The zero-order valence-electron chi connectivity index (χ0n) is 5.59. The lowest BCUT2D eigenvalue weighted by Gasteiger charge is -2.16. The first-order chi connectivity index (χ1) is 4.72. The van der Waals surface area contributed by atoms with Gasteiger partial charge in [0.05, 0.1) is 0 Å². The third-order valence-electron chi connectivity index (χ3n) is 1.16. The Hall–Kier alpha value is -1.19. The molecule has 0 radical (unpaired) electrons. The van der Waals surface area contributed by atoms with Gasteiger partial charge >= 0.3 is 5.97 Å². The summed E-state index contributed by atoms with van der Waals surface area (Å²) in [5.41, 5.74) is 0. The van der Waals surface area contributed by atoms with Gasteiger partial charge in [0.15, 0.2) is 0 Å². The van der Waals surface area contributed by atoms with E-state index in [1.807, 2.05) is 0 Å². The molecule has 0 aromatic carbocycles. The molecule has 1 rings (SSSR count). The molecule has 4 nitrogen and oxygen atoms in total. The number of carboxylic acids is 1. The Morgan fingerprint density at radius 3 is 2.50 bits per heavy atom. The van der Waals surface area contributed by atoms with Gasteiger partial charge in [-0.3, -0.25) is 0 Å². The van der Waals surface area contributed by atoms with Gasteiger partial charge in [-0.2, -0.15) is 0 Å². The van der Waals surface area contributed by atoms with Crippen LogP contribution in [0.1, 0.15) is 6.92 Å². The van der Waals surface area contributed by atoms with Crippen molar-refractivity contribution in [3.63, 3.8) is 0 Å². The predicted molar refractivity (Wildman–Crippen MR) is 32.2 cm³/mol. The quantitative estimate of drug-likeness (QED) is 0.576. The van der Waals surface area contributed by atoms with Crippen LogP contribution >= 0.6 is 0 Å². The Morgan fingerprint density at radius 1 is 1.50 bits per heavy atom. The monoisotopic (exact) mass is 144 g/mol. The molecular formula is C6H8O4. The normalized spacial score (nSPS) is 17.7. The van der Waals surface area contributed by atoms with Crippen molar-refractivity contribution < 1.29 is 19.4 Å². The van der Waals surface area contributed by atoms with E-state index in [0.717, 1.165) is 0 Å². The van der Waals surface area contributed by atoms with Crippen LogP contribution in [0.5, 0.6) is 0 Å². The molecule has 0 aromatic heterocycles. The first-order valence-electron chi connectivity index (χ1n) is 2.91. The molecule has 0 bridgehead atoms. The summed E-state index contributed by atoms with van der Waals surface area (Å²) in [5, 5.41) is 8.45. The van der Waals surface area contributed by atoms with Crippen molar-refractivity contribution in [1.82, 2.24) is 0 Å². The molecular weight excluding hydrogens is 136 g/mol. The molecule has 0 saturated heterocycles. The third kappa shape index (κ3) is 1.21. The van der Waals surface area contributed by atoms with E-state index in [-0.39, 0.29) is 5.76 Å². The van der Waals surface area contributed by atoms with Crippen LogP contribution in [0.15, 0.2) is 11.5 Å². The van der Waals surface area contributed by atoms with Gasteiger partial charge in [0.2, 0.25) is 5.76 Å². The van der Waals surface area contributed by atoms with E-state index < -0.39 is 5.97 Å².